The van der Waals surface area contributed by atoms with Gasteiger partial charge in [0.1, 0.15) is 0 Å². The van der Waals surface area contributed by atoms with E-state index in [1.807, 2.05) is 6.07 Å². The predicted octanol–water partition coefficient (Wildman–Crippen LogP) is 1.52. The van der Waals surface area contributed by atoms with Crippen molar-refractivity contribution >= 4 is 5.69 Å². The van der Waals surface area contributed by atoms with E-state index in [9.17, 15) is 5.11 Å². The van der Waals surface area contributed by atoms with E-state index in [1.54, 1.807) is 0 Å². The molecule has 3 rings (SSSR count). The number of fused-ring (bicyclic) bond motifs is 2. The van der Waals surface area contributed by atoms with Crippen LogP contribution in [0.3, 0.4) is 0 Å². The van der Waals surface area contributed by atoms with Gasteiger partial charge >= 0.3 is 0 Å². The Hall–Kier alpha value is -1.58. The van der Waals surface area contributed by atoms with E-state index in [-0.39, 0.29) is 5.75 Å². The minimum absolute atomic E-state index is 0.196. The SMILES string of the molecule is Oc1c2c(cc3c1OCCCO3)CCN2. The monoisotopic (exact) mass is 207 g/mol. The number of hydrogen-bond acceptors (Lipinski definition) is 4. The van der Waals surface area contributed by atoms with E-state index >= 15 is 0 Å². The van der Waals surface area contributed by atoms with E-state index in [4.69, 9.17) is 9.47 Å². The maximum atomic E-state index is 10.0. The highest BCUT2D eigenvalue weighted by molar-refractivity contribution is 5.73. The Morgan fingerprint density at radius 3 is 3.07 bits per heavy atom. The van der Waals surface area contributed by atoms with Crippen molar-refractivity contribution in [2.24, 2.45) is 0 Å². The van der Waals surface area contributed by atoms with Crippen LogP contribution in [-0.4, -0.2) is 24.9 Å². The summed E-state index contributed by atoms with van der Waals surface area (Å²) in [6.07, 6.45) is 1.78. The van der Waals surface area contributed by atoms with Gasteiger partial charge in [-0.1, -0.05) is 0 Å². The van der Waals surface area contributed by atoms with Gasteiger partial charge in [-0.15, -0.1) is 0 Å². The van der Waals surface area contributed by atoms with Gasteiger partial charge in [0.25, 0.3) is 0 Å². The predicted molar refractivity (Wildman–Crippen MR) is 55.9 cm³/mol. The van der Waals surface area contributed by atoms with Crippen LogP contribution in [0.2, 0.25) is 0 Å². The molecule has 0 atom stereocenters. The van der Waals surface area contributed by atoms with Crippen molar-refractivity contribution in [3.05, 3.63) is 11.6 Å². The zero-order chi connectivity index (χ0) is 10.3. The van der Waals surface area contributed by atoms with E-state index in [0.29, 0.717) is 24.7 Å². The van der Waals surface area contributed by atoms with Crippen molar-refractivity contribution in [3.63, 3.8) is 0 Å². The zero-order valence-corrected chi connectivity index (χ0v) is 8.38. The maximum absolute atomic E-state index is 10.0. The number of anilines is 1. The lowest BCUT2D eigenvalue weighted by molar-refractivity contribution is 0.291. The molecule has 0 radical (unpaired) electrons. The van der Waals surface area contributed by atoms with Crippen LogP contribution in [0.25, 0.3) is 0 Å². The van der Waals surface area contributed by atoms with Gasteiger partial charge in [-0.25, -0.2) is 0 Å². The average Bonchev–Trinajstić information content (AvgIpc) is 2.56. The third-order valence-corrected chi connectivity index (χ3v) is 2.79. The maximum Gasteiger partial charge on any atom is 0.205 e. The van der Waals surface area contributed by atoms with Crippen molar-refractivity contribution < 1.29 is 14.6 Å². The fourth-order valence-electron chi connectivity index (χ4n) is 2.06. The van der Waals surface area contributed by atoms with E-state index in [0.717, 1.165) is 30.6 Å². The lowest BCUT2D eigenvalue weighted by atomic mass is 10.1. The first-order valence-electron chi connectivity index (χ1n) is 5.24. The van der Waals surface area contributed by atoms with Crippen LogP contribution >= 0.6 is 0 Å². The Balaban J connectivity index is 2.15. The molecule has 0 saturated carbocycles. The summed E-state index contributed by atoms with van der Waals surface area (Å²) in [6.45, 7) is 2.11. The highest BCUT2D eigenvalue weighted by Crippen LogP contribution is 2.47. The normalized spacial score (nSPS) is 17.9. The number of phenols is 1. The molecule has 1 aromatic carbocycles. The highest BCUT2D eigenvalue weighted by Gasteiger charge is 2.24. The molecule has 0 aliphatic carbocycles. The van der Waals surface area contributed by atoms with Gasteiger partial charge < -0.3 is 19.9 Å². The fourth-order valence-corrected chi connectivity index (χ4v) is 2.06. The fraction of sp³-hybridized carbons (Fsp3) is 0.455. The van der Waals surface area contributed by atoms with Crippen LogP contribution in [-0.2, 0) is 6.42 Å². The van der Waals surface area contributed by atoms with Crippen LogP contribution in [0.4, 0.5) is 5.69 Å². The summed E-state index contributed by atoms with van der Waals surface area (Å²) < 4.78 is 11.0. The average molecular weight is 207 g/mol. The summed E-state index contributed by atoms with van der Waals surface area (Å²) >= 11 is 0. The number of aromatic hydroxyl groups is 1. The summed E-state index contributed by atoms with van der Waals surface area (Å²) in [5.41, 5.74) is 1.91. The molecule has 0 spiro atoms. The molecule has 2 aliphatic rings. The number of nitrogens with one attached hydrogen (secondary N) is 1. The number of phenolic OH excluding ortho intramolecular Hbond substituents is 1. The molecule has 2 heterocycles. The van der Waals surface area contributed by atoms with Gasteiger partial charge in [-0.05, 0) is 18.1 Å². The van der Waals surface area contributed by atoms with Gasteiger partial charge in [-0.3, -0.25) is 0 Å². The summed E-state index contributed by atoms with van der Waals surface area (Å²) in [7, 11) is 0. The smallest absolute Gasteiger partial charge is 0.205 e. The molecule has 1 aromatic rings. The first-order valence-corrected chi connectivity index (χ1v) is 5.24. The van der Waals surface area contributed by atoms with Gasteiger partial charge in [0.15, 0.2) is 11.5 Å². The Kier molecular flexibility index (Phi) is 1.87. The van der Waals surface area contributed by atoms with Crippen molar-refractivity contribution in [3.8, 4) is 17.2 Å². The Bertz CT molecular complexity index is 403. The second-order valence-corrected chi connectivity index (χ2v) is 3.81. The molecule has 0 aromatic heterocycles. The lowest BCUT2D eigenvalue weighted by Gasteiger charge is -2.12. The molecule has 2 aliphatic heterocycles. The van der Waals surface area contributed by atoms with Crippen LogP contribution in [0.1, 0.15) is 12.0 Å². The third-order valence-electron chi connectivity index (χ3n) is 2.79. The number of rotatable bonds is 0. The summed E-state index contributed by atoms with van der Waals surface area (Å²) in [6, 6.07) is 1.97. The molecule has 0 unspecified atom stereocenters. The van der Waals surface area contributed by atoms with Crippen LogP contribution in [0.15, 0.2) is 6.07 Å². The van der Waals surface area contributed by atoms with Crippen molar-refractivity contribution in [1.29, 1.82) is 0 Å². The Morgan fingerprint density at radius 2 is 2.13 bits per heavy atom. The zero-order valence-electron chi connectivity index (χ0n) is 8.38. The highest BCUT2D eigenvalue weighted by atomic mass is 16.5. The van der Waals surface area contributed by atoms with Gasteiger partial charge in [0, 0.05) is 13.0 Å². The molecule has 0 fully saturated rings. The number of hydrogen-bond donors (Lipinski definition) is 2. The molecule has 0 amide bonds. The van der Waals surface area contributed by atoms with Crippen LogP contribution < -0.4 is 14.8 Å². The first kappa shape index (κ1) is 8.71. The van der Waals surface area contributed by atoms with E-state index < -0.39 is 0 Å². The summed E-state index contributed by atoms with van der Waals surface area (Å²) in [5, 5.41) is 13.2. The van der Waals surface area contributed by atoms with Gasteiger partial charge in [0.05, 0.1) is 18.9 Å². The lowest BCUT2D eigenvalue weighted by Crippen LogP contribution is -1.98. The van der Waals surface area contributed by atoms with Crippen LogP contribution in [0, 0.1) is 0 Å². The minimum atomic E-state index is 0.196. The van der Waals surface area contributed by atoms with E-state index in [2.05, 4.69) is 5.32 Å². The molecule has 4 nitrogen and oxygen atoms in total. The number of ether oxygens (including phenoxy) is 2. The third kappa shape index (κ3) is 1.28. The second kappa shape index (κ2) is 3.22. The molecule has 0 bridgehead atoms. The number of benzene rings is 1. The summed E-state index contributed by atoms with van der Waals surface area (Å²) in [5.74, 6) is 1.36. The van der Waals surface area contributed by atoms with E-state index in [1.165, 1.54) is 0 Å². The first-order chi connectivity index (χ1) is 7.36. The quantitative estimate of drug-likeness (QED) is 0.633. The molecule has 4 heteroatoms. The topological polar surface area (TPSA) is 50.7 Å². The molecule has 0 saturated heterocycles. The van der Waals surface area contributed by atoms with Crippen molar-refractivity contribution in [2.45, 2.75) is 12.8 Å². The molecule has 2 N–H and O–H groups in total. The summed E-state index contributed by atoms with van der Waals surface area (Å²) in [4.78, 5) is 0. The van der Waals surface area contributed by atoms with Gasteiger partial charge in [-0.2, -0.15) is 0 Å². The Morgan fingerprint density at radius 1 is 1.27 bits per heavy atom. The van der Waals surface area contributed by atoms with Crippen molar-refractivity contribution in [2.75, 3.05) is 25.1 Å². The Labute approximate surface area is 87.8 Å². The molecule has 80 valence electrons. The van der Waals surface area contributed by atoms with Gasteiger partial charge in [0.2, 0.25) is 5.75 Å². The minimum Gasteiger partial charge on any atom is -0.503 e. The molecular formula is C11H13NO3. The van der Waals surface area contributed by atoms with Crippen molar-refractivity contribution in [1.82, 2.24) is 0 Å². The standard InChI is InChI=1S/C11H13NO3/c13-10-9-7(2-3-12-9)6-8-11(10)15-5-1-4-14-8/h6,12-13H,1-5H2. The molecule has 15 heavy (non-hydrogen) atoms. The largest absolute Gasteiger partial charge is 0.503 e. The second-order valence-electron chi connectivity index (χ2n) is 3.81. The van der Waals surface area contributed by atoms with Crippen LogP contribution in [0.5, 0.6) is 17.2 Å². The molecular weight excluding hydrogens is 194 g/mol.